The number of carbonyl (C=O) groups is 2. The number of ether oxygens (including phenoxy) is 1. The van der Waals surface area contributed by atoms with E-state index in [0.717, 1.165) is 11.3 Å². The maximum Gasteiger partial charge on any atom is 0.226 e. The fraction of sp³-hybridized carbons (Fsp3) is 0.529. The average Bonchev–Trinajstić information content (AvgIpc) is 3.35. The molecule has 120 valence electrons. The number of amides is 2. The molecule has 2 unspecified atom stereocenters. The Balaban J connectivity index is 1.80. The summed E-state index contributed by atoms with van der Waals surface area (Å²) in [4.78, 5) is 26.1. The van der Waals surface area contributed by atoms with Gasteiger partial charge in [0.1, 0.15) is 5.75 Å². The summed E-state index contributed by atoms with van der Waals surface area (Å²) in [6.07, 6.45) is 0.670. The Morgan fingerprint density at radius 1 is 1.18 bits per heavy atom. The van der Waals surface area contributed by atoms with Crippen molar-refractivity contribution in [3.05, 3.63) is 29.8 Å². The fourth-order valence-corrected chi connectivity index (χ4v) is 2.59. The molecule has 0 aliphatic heterocycles. The molecule has 5 heteroatoms. The molecule has 2 rings (SSSR count). The van der Waals surface area contributed by atoms with Gasteiger partial charge in [0.15, 0.2) is 0 Å². The monoisotopic (exact) mass is 304 g/mol. The third kappa shape index (κ3) is 3.78. The highest BCUT2D eigenvalue weighted by Gasteiger charge is 2.48. The van der Waals surface area contributed by atoms with Crippen LogP contribution in [-0.4, -0.2) is 36.9 Å². The minimum absolute atomic E-state index is 0.0266. The van der Waals surface area contributed by atoms with E-state index >= 15 is 0 Å². The van der Waals surface area contributed by atoms with Crippen molar-refractivity contribution >= 4 is 11.8 Å². The predicted molar refractivity (Wildman–Crippen MR) is 84.4 cm³/mol. The van der Waals surface area contributed by atoms with Crippen LogP contribution in [0.25, 0.3) is 0 Å². The lowest BCUT2D eigenvalue weighted by Crippen LogP contribution is -2.34. The number of rotatable bonds is 7. The smallest absolute Gasteiger partial charge is 0.226 e. The largest absolute Gasteiger partial charge is 0.497 e. The quantitative estimate of drug-likeness (QED) is 0.836. The molecule has 5 nitrogen and oxygen atoms in total. The molecular formula is C17H24N2O3. The zero-order valence-corrected chi connectivity index (χ0v) is 13.5. The van der Waals surface area contributed by atoms with Crippen LogP contribution in [0.2, 0.25) is 0 Å². The van der Waals surface area contributed by atoms with Crippen molar-refractivity contribution in [1.29, 1.82) is 0 Å². The molecular weight excluding hydrogens is 280 g/mol. The van der Waals surface area contributed by atoms with Crippen LogP contribution in [0.15, 0.2) is 24.3 Å². The zero-order chi connectivity index (χ0) is 16.1. The normalized spacial score (nSPS) is 19.4. The van der Waals surface area contributed by atoms with Crippen molar-refractivity contribution in [2.45, 2.75) is 26.8 Å². The van der Waals surface area contributed by atoms with Crippen molar-refractivity contribution in [2.24, 2.45) is 11.8 Å². The van der Waals surface area contributed by atoms with Gasteiger partial charge in [0.05, 0.1) is 18.9 Å². The Bertz CT molecular complexity index is 523. The predicted octanol–water partition coefficient (Wildman–Crippen LogP) is 1.82. The third-order valence-electron chi connectivity index (χ3n) is 4.15. The maximum atomic E-state index is 12.2. The number of carbonyl (C=O) groups excluding carboxylic acids is 2. The molecule has 0 heterocycles. The van der Waals surface area contributed by atoms with E-state index in [1.807, 2.05) is 38.1 Å². The first-order valence-electron chi connectivity index (χ1n) is 7.80. The summed E-state index contributed by atoms with van der Waals surface area (Å²) in [5.74, 6) is 0.584. The Kier molecular flexibility index (Phi) is 5.41. The summed E-state index contributed by atoms with van der Waals surface area (Å²) >= 11 is 0. The number of methoxy groups -OCH3 is 1. The molecule has 1 fully saturated rings. The summed E-state index contributed by atoms with van der Waals surface area (Å²) in [5, 5.41) is 2.91. The lowest BCUT2D eigenvalue weighted by Gasteiger charge is -2.18. The van der Waals surface area contributed by atoms with Gasteiger partial charge in [-0.2, -0.15) is 0 Å². The number of nitrogens with zero attached hydrogens (tertiary/aromatic N) is 1. The lowest BCUT2D eigenvalue weighted by molar-refractivity contribution is -0.134. The van der Waals surface area contributed by atoms with Crippen molar-refractivity contribution in [1.82, 2.24) is 10.2 Å². The molecule has 1 aliphatic carbocycles. The molecule has 0 aromatic heterocycles. The Labute approximate surface area is 131 Å². The minimum Gasteiger partial charge on any atom is -0.497 e. The van der Waals surface area contributed by atoms with Crippen LogP contribution < -0.4 is 10.1 Å². The van der Waals surface area contributed by atoms with Gasteiger partial charge >= 0.3 is 0 Å². The second-order valence-electron chi connectivity index (χ2n) is 5.53. The highest BCUT2D eigenvalue weighted by molar-refractivity contribution is 5.92. The van der Waals surface area contributed by atoms with Crippen LogP contribution in [-0.2, 0) is 16.1 Å². The van der Waals surface area contributed by atoms with E-state index in [9.17, 15) is 9.59 Å². The number of hydrogen-bond acceptors (Lipinski definition) is 3. The van der Waals surface area contributed by atoms with Crippen molar-refractivity contribution in [3.63, 3.8) is 0 Å². The van der Waals surface area contributed by atoms with E-state index in [0.29, 0.717) is 26.1 Å². The average molecular weight is 304 g/mol. The molecule has 1 aliphatic rings. The van der Waals surface area contributed by atoms with Gasteiger partial charge in [-0.05, 0) is 38.0 Å². The van der Waals surface area contributed by atoms with Crippen molar-refractivity contribution < 1.29 is 14.3 Å². The molecule has 1 saturated carbocycles. The van der Waals surface area contributed by atoms with Crippen molar-refractivity contribution in [2.75, 3.05) is 20.2 Å². The van der Waals surface area contributed by atoms with E-state index < -0.39 is 0 Å². The molecule has 22 heavy (non-hydrogen) atoms. The first-order valence-corrected chi connectivity index (χ1v) is 7.80. The molecule has 1 aromatic rings. The Hall–Kier alpha value is -2.04. The lowest BCUT2D eigenvalue weighted by atomic mass is 10.2. The van der Waals surface area contributed by atoms with E-state index in [1.165, 1.54) is 0 Å². The van der Waals surface area contributed by atoms with Gasteiger partial charge in [0.2, 0.25) is 11.8 Å². The van der Waals surface area contributed by atoms with Gasteiger partial charge in [0.25, 0.3) is 0 Å². The fourth-order valence-electron chi connectivity index (χ4n) is 2.59. The standard InChI is InChI=1S/C17H24N2O3/c1-4-19(5-2)17(21)15-10-14(15)16(20)18-11-12-6-8-13(22-3)9-7-12/h6-9,14-15H,4-5,10-11H2,1-3H3,(H,18,20). The topological polar surface area (TPSA) is 58.6 Å². The number of nitrogens with one attached hydrogen (secondary N) is 1. The van der Waals surface area contributed by atoms with Gasteiger partial charge in [0, 0.05) is 19.6 Å². The summed E-state index contributed by atoms with van der Waals surface area (Å²) < 4.78 is 5.10. The van der Waals surface area contributed by atoms with Gasteiger partial charge in [-0.1, -0.05) is 12.1 Å². The van der Waals surface area contributed by atoms with E-state index in [2.05, 4.69) is 5.32 Å². The summed E-state index contributed by atoms with van der Waals surface area (Å²) in [5.41, 5.74) is 1.02. The molecule has 1 aromatic carbocycles. The molecule has 2 atom stereocenters. The Morgan fingerprint density at radius 3 is 2.36 bits per heavy atom. The van der Waals surface area contributed by atoms with E-state index in [-0.39, 0.29) is 23.7 Å². The van der Waals surface area contributed by atoms with Gasteiger partial charge in [-0.3, -0.25) is 9.59 Å². The van der Waals surface area contributed by atoms with Crippen LogP contribution >= 0.6 is 0 Å². The van der Waals surface area contributed by atoms with E-state index in [4.69, 9.17) is 4.74 Å². The SMILES string of the molecule is CCN(CC)C(=O)C1CC1C(=O)NCc1ccc(OC)cc1. The van der Waals surface area contributed by atoms with Crippen LogP contribution in [0.1, 0.15) is 25.8 Å². The van der Waals surface area contributed by atoms with E-state index in [1.54, 1.807) is 12.0 Å². The number of hydrogen-bond donors (Lipinski definition) is 1. The van der Waals surface area contributed by atoms with Crippen molar-refractivity contribution in [3.8, 4) is 5.75 Å². The minimum atomic E-state index is -0.161. The third-order valence-corrected chi connectivity index (χ3v) is 4.15. The molecule has 0 bridgehead atoms. The van der Waals surface area contributed by atoms with Crippen LogP contribution in [0.3, 0.4) is 0 Å². The summed E-state index contributed by atoms with van der Waals surface area (Å²) in [6, 6.07) is 7.58. The second kappa shape index (κ2) is 7.29. The molecule has 2 amide bonds. The van der Waals surface area contributed by atoms with Crippen LogP contribution in [0, 0.1) is 11.8 Å². The van der Waals surface area contributed by atoms with Crippen LogP contribution in [0.5, 0.6) is 5.75 Å². The maximum absolute atomic E-state index is 12.2. The Morgan fingerprint density at radius 2 is 1.82 bits per heavy atom. The first-order chi connectivity index (χ1) is 10.6. The van der Waals surface area contributed by atoms with Gasteiger partial charge in [-0.15, -0.1) is 0 Å². The molecule has 1 N–H and O–H groups in total. The molecule has 0 radical (unpaired) electrons. The first kappa shape index (κ1) is 16.3. The molecule has 0 spiro atoms. The zero-order valence-electron chi connectivity index (χ0n) is 13.5. The van der Waals surface area contributed by atoms with Crippen LogP contribution in [0.4, 0.5) is 0 Å². The number of benzene rings is 1. The second-order valence-corrected chi connectivity index (χ2v) is 5.53. The van der Waals surface area contributed by atoms with Gasteiger partial charge in [-0.25, -0.2) is 0 Å². The summed E-state index contributed by atoms with van der Waals surface area (Å²) in [6.45, 7) is 5.80. The highest BCUT2D eigenvalue weighted by atomic mass is 16.5. The molecule has 0 saturated heterocycles. The van der Waals surface area contributed by atoms with Gasteiger partial charge < -0.3 is 15.0 Å². The highest BCUT2D eigenvalue weighted by Crippen LogP contribution is 2.40. The summed E-state index contributed by atoms with van der Waals surface area (Å²) in [7, 11) is 1.62.